The molecule has 132 valence electrons. The van der Waals surface area contributed by atoms with Crippen molar-refractivity contribution in [2.24, 2.45) is 0 Å². The van der Waals surface area contributed by atoms with E-state index in [1.165, 1.54) is 16.7 Å². The van der Waals surface area contributed by atoms with Crippen LogP contribution in [-0.4, -0.2) is 27.9 Å². The van der Waals surface area contributed by atoms with Crippen molar-refractivity contribution in [3.8, 4) is 5.75 Å². The van der Waals surface area contributed by atoms with Gasteiger partial charge < -0.3 is 9.84 Å². The highest BCUT2D eigenvalue weighted by Crippen LogP contribution is 2.36. The summed E-state index contributed by atoms with van der Waals surface area (Å²) in [6, 6.07) is 14.2. The van der Waals surface area contributed by atoms with Gasteiger partial charge in [-0.2, -0.15) is 0 Å². The van der Waals surface area contributed by atoms with Gasteiger partial charge in [-0.25, -0.2) is 4.79 Å². The maximum absolute atomic E-state index is 12.7. The number of hydrogen-bond acceptors (Lipinski definition) is 5. The molecule has 8 heteroatoms. The topological polar surface area (TPSA) is 66.8 Å². The molecule has 0 radical (unpaired) electrons. The van der Waals surface area contributed by atoms with E-state index in [9.17, 15) is 9.59 Å². The summed E-state index contributed by atoms with van der Waals surface area (Å²) in [6.07, 6.45) is 1.71. The number of carboxylic acid groups (broad SMARTS) is 1. The zero-order valence-electron chi connectivity index (χ0n) is 13.2. The molecular weight excluding hydrogens is 438 g/mol. The first-order valence-corrected chi connectivity index (χ1v) is 9.44. The van der Waals surface area contributed by atoms with E-state index in [2.05, 4.69) is 15.9 Å². The standard InChI is InChI=1S/C18H12BrNO4S2/c19-12-4-6-13(7-5-12)20-17(23)15(26-18(20)25)9-11-2-1-3-14(8-11)24-10-16(21)22/h1-9H,10H2,(H,21,22)/b15-9+. The van der Waals surface area contributed by atoms with Gasteiger partial charge in [0.1, 0.15) is 5.75 Å². The Balaban J connectivity index is 1.82. The number of anilines is 1. The lowest BCUT2D eigenvalue weighted by Crippen LogP contribution is -2.27. The number of rotatable bonds is 5. The third-order valence-electron chi connectivity index (χ3n) is 3.40. The van der Waals surface area contributed by atoms with Gasteiger partial charge in [-0.15, -0.1) is 0 Å². The van der Waals surface area contributed by atoms with E-state index < -0.39 is 12.6 Å². The Bertz CT molecular complexity index is 912. The molecule has 3 rings (SSSR count). The van der Waals surface area contributed by atoms with Gasteiger partial charge in [-0.3, -0.25) is 9.69 Å². The lowest BCUT2D eigenvalue weighted by molar-refractivity contribution is -0.139. The summed E-state index contributed by atoms with van der Waals surface area (Å²) in [5, 5.41) is 8.68. The second-order valence-electron chi connectivity index (χ2n) is 5.25. The number of aliphatic carboxylic acids is 1. The van der Waals surface area contributed by atoms with Crippen LogP contribution in [0, 0.1) is 0 Å². The van der Waals surface area contributed by atoms with Crippen molar-refractivity contribution < 1.29 is 19.4 Å². The van der Waals surface area contributed by atoms with Crippen LogP contribution in [0.3, 0.4) is 0 Å². The van der Waals surface area contributed by atoms with E-state index in [1.807, 2.05) is 24.3 Å². The van der Waals surface area contributed by atoms with Crippen LogP contribution in [0.4, 0.5) is 5.69 Å². The number of halogens is 1. The zero-order valence-corrected chi connectivity index (χ0v) is 16.4. The number of carbonyl (C=O) groups excluding carboxylic acids is 1. The molecule has 1 N–H and O–H groups in total. The molecule has 0 atom stereocenters. The van der Waals surface area contributed by atoms with Crippen molar-refractivity contribution in [1.82, 2.24) is 0 Å². The number of ether oxygens (including phenoxy) is 1. The van der Waals surface area contributed by atoms with Crippen LogP contribution in [0.1, 0.15) is 5.56 Å². The average Bonchev–Trinajstić information content (AvgIpc) is 2.88. The third-order valence-corrected chi connectivity index (χ3v) is 5.23. The maximum Gasteiger partial charge on any atom is 0.341 e. The monoisotopic (exact) mass is 449 g/mol. The van der Waals surface area contributed by atoms with E-state index in [4.69, 9.17) is 22.1 Å². The fraction of sp³-hybridized carbons (Fsp3) is 0.0556. The van der Waals surface area contributed by atoms with Crippen LogP contribution in [0.2, 0.25) is 0 Å². The lowest BCUT2D eigenvalue weighted by Gasteiger charge is -2.14. The summed E-state index contributed by atoms with van der Waals surface area (Å²) in [5.41, 5.74) is 1.43. The van der Waals surface area contributed by atoms with Crippen LogP contribution in [0.25, 0.3) is 6.08 Å². The number of carboxylic acids is 1. The number of hydrogen-bond donors (Lipinski definition) is 1. The predicted molar refractivity (Wildman–Crippen MR) is 109 cm³/mol. The molecule has 1 saturated heterocycles. The summed E-state index contributed by atoms with van der Waals surface area (Å²) in [4.78, 5) is 25.3. The van der Waals surface area contributed by atoms with Crippen molar-refractivity contribution in [1.29, 1.82) is 0 Å². The minimum Gasteiger partial charge on any atom is -0.482 e. The van der Waals surface area contributed by atoms with E-state index in [0.717, 1.165) is 10.0 Å². The van der Waals surface area contributed by atoms with Gasteiger partial charge in [-0.05, 0) is 48.0 Å². The van der Waals surface area contributed by atoms with Gasteiger partial charge in [0.15, 0.2) is 10.9 Å². The zero-order chi connectivity index (χ0) is 18.7. The van der Waals surface area contributed by atoms with Gasteiger partial charge in [0.2, 0.25) is 0 Å². The minimum absolute atomic E-state index is 0.195. The minimum atomic E-state index is -1.05. The van der Waals surface area contributed by atoms with Crippen LogP contribution >= 0.6 is 39.9 Å². The molecule has 1 aliphatic rings. The normalized spacial score (nSPS) is 15.6. The molecule has 0 bridgehead atoms. The molecule has 0 unspecified atom stereocenters. The molecule has 2 aromatic carbocycles. The number of carbonyl (C=O) groups is 2. The third kappa shape index (κ3) is 4.32. The Morgan fingerprint density at radius 2 is 2.00 bits per heavy atom. The molecule has 0 spiro atoms. The molecule has 0 saturated carbocycles. The first-order valence-electron chi connectivity index (χ1n) is 7.42. The summed E-state index contributed by atoms with van der Waals surface area (Å²) in [7, 11) is 0. The Labute approximate surface area is 167 Å². The van der Waals surface area contributed by atoms with E-state index in [0.29, 0.717) is 20.7 Å². The highest BCUT2D eigenvalue weighted by atomic mass is 79.9. The van der Waals surface area contributed by atoms with Crippen LogP contribution < -0.4 is 9.64 Å². The van der Waals surface area contributed by atoms with Gasteiger partial charge in [0.25, 0.3) is 5.91 Å². The molecule has 1 heterocycles. The SMILES string of the molecule is O=C(O)COc1cccc(/C=C2/SC(=S)N(c3ccc(Br)cc3)C2=O)c1. The van der Waals surface area contributed by atoms with Crippen molar-refractivity contribution in [2.45, 2.75) is 0 Å². The van der Waals surface area contributed by atoms with Crippen LogP contribution in [-0.2, 0) is 9.59 Å². The maximum atomic E-state index is 12.7. The number of amides is 1. The first kappa shape index (κ1) is 18.6. The molecule has 1 fully saturated rings. The van der Waals surface area contributed by atoms with E-state index >= 15 is 0 Å². The second kappa shape index (κ2) is 8.03. The number of thiocarbonyl (C=S) groups is 1. The summed E-state index contributed by atoms with van der Waals surface area (Å²) >= 11 is 9.94. The second-order valence-corrected chi connectivity index (χ2v) is 7.84. The molecule has 1 aliphatic heterocycles. The van der Waals surface area contributed by atoms with E-state index in [-0.39, 0.29) is 5.91 Å². The average molecular weight is 450 g/mol. The van der Waals surface area contributed by atoms with Gasteiger partial charge in [-0.1, -0.05) is 52.0 Å². The quantitative estimate of drug-likeness (QED) is 0.541. The number of nitrogens with zero attached hydrogens (tertiary/aromatic N) is 1. The fourth-order valence-electron chi connectivity index (χ4n) is 2.27. The number of thioether (sulfide) groups is 1. The first-order chi connectivity index (χ1) is 12.4. The van der Waals surface area contributed by atoms with Crippen LogP contribution in [0.15, 0.2) is 57.9 Å². The van der Waals surface area contributed by atoms with Crippen molar-refractivity contribution in [3.05, 3.63) is 63.5 Å². The Morgan fingerprint density at radius 3 is 2.69 bits per heavy atom. The Kier molecular flexibility index (Phi) is 5.75. The van der Waals surface area contributed by atoms with Crippen molar-refractivity contribution in [2.75, 3.05) is 11.5 Å². The molecule has 5 nitrogen and oxygen atoms in total. The van der Waals surface area contributed by atoms with Crippen molar-refractivity contribution in [3.63, 3.8) is 0 Å². The predicted octanol–water partition coefficient (Wildman–Crippen LogP) is 4.32. The van der Waals surface area contributed by atoms with Gasteiger partial charge in [0, 0.05) is 4.47 Å². The lowest BCUT2D eigenvalue weighted by atomic mass is 10.2. The molecule has 0 aromatic heterocycles. The smallest absolute Gasteiger partial charge is 0.341 e. The molecule has 0 aliphatic carbocycles. The molecule has 26 heavy (non-hydrogen) atoms. The fourth-order valence-corrected chi connectivity index (χ4v) is 3.83. The Hall–Kier alpha value is -2.16. The Morgan fingerprint density at radius 1 is 1.27 bits per heavy atom. The van der Waals surface area contributed by atoms with Crippen LogP contribution in [0.5, 0.6) is 5.75 Å². The number of benzene rings is 2. The largest absolute Gasteiger partial charge is 0.482 e. The van der Waals surface area contributed by atoms with E-state index in [1.54, 1.807) is 30.3 Å². The van der Waals surface area contributed by atoms with Gasteiger partial charge >= 0.3 is 5.97 Å². The summed E-state index contributed by atoms with van der Waals surface area (Å²) in [6.45, 7) is -0.421. The van der Waals surface area contributed by atoms with Gasteiger partial charge in [0.05, 0.1) is 10.6 Å². The van der Waals surface area contributed by atoms with Crippen molar-refractivity contribution >= 4 is 67.9 Å². The highest BCUT2D eigenvalue weighted by molar-refractivity contribution is 9.10. The molecular formula is C18H12BrNO4S2. The highest BCUT2D eigenvalue weighted by Gasteiger charge is 2.33. The molecule has 2 aromatic rings. The summed E-state index contributed by atoms with van der Waals surface area (Å²) in [5.74, 6) is -0.825. The summed E-state index contributed by atoms with van der Waals surface area (Å²) < 4.78 is 6.54. The molecule has 1 amide bonds.